The summed E-state index contributed by atoms with van der Waals surface area (Å²) in [6.45, 7) is 4.54. The Morgan fingerprint density at radius 3 is 2.74 bits per heavy atom. The maximum absolute atomic E-state index is 12.8. The lowest BCUT2D eigenvalue weighted by atomic mass is 9.87. The molecule has 2 heterocycles. The molecule has 6 heteroatoms. The fourth-order valence-corrected chi connectivity index (χ4v) is 3.47. The van der Waals surface area contributed by atoms with Gasteiger partial charge >= 0.3 is 5.97 Å². The van der Waals surface area contributed by atoms with Gasteiger partial charge in [-0.25, -0.2) is 0 Å². The zero-order valence-corrected chi connectivity index (χ0v) is 13.8. The number of hydrogen-bond acceptors (Lipinski definition) is 3. The van der Waals surface area contributed by atoms with E-state index in [4.69, 9.17) is 16.0 Å². The van der Waals surface area contributed by atoms with Crippen LogP contribution >= 0.6 is 11.6 Å². The topological polar surface area (TPSA) is 70.8 Å². The SMILES string of the molecule is Cc1c(C(=O)N2CCC(C(=O)O)C(C)C2)oc2c(Cl)cccc12. The number of carbonyl (C=O) groups excluding carboxylic acids is 1. The highest BCUT2D eigenvalue weighted by molar-refractivity contribution is 6.35. The van der Waals surface area contributed by atoms with Crippen LogP contribution in [0.25, 0.3) is 11.0 Å². The number of likely N-dealkylation sites (tertiary alicyclic amines) is 1. The molecule has 2 atom stereocenters. The molecule has 0 saturated carbocycles. The van der Waals surface area contributed by atoms with E-state index in [9.17, 15) is 14.7 Å². The molecule has 1 fully saturated rings. The average Bonchev–Trinajstić information content (AvgIpc) is 2.85. The summed E-state index contributed by atoms with van der Waals surface area (Å²) < 4.78 is 5.71. The van der Waals surface area contributed by atoms with Gasteiger partial charge in [-0.1, -0.05) is 30.7 Å². The zero-order valence-electron chi connectivity index (χ0n) is 13.0. The van der Waals surface area contributed by atoms with Crippen molar-refractivity contribution in [3.05, 3.63) is 34.5 Å². The molecule has 1 N–H and O–H groups in total. The van der Waals surface area contributed by atoms with E-state index in [1.54, 1.807) is 11.0 Å². The Labute approximate surface area is 138 Å². The number of amides is 1. The summed E-state index contributed by atoms with van der Waals surface area (Å²) in [5, 5.41) is 10.5. The number of furan rings is 1. The van der Waals surface area contributed by atoms with E-state index in [1.807, 2.05) is 26.0 Å². The van der Waals surface area contributed by atoms with Crippen molar-refractivity contribution in [2.24, 2.45) is 11.8 Å². The monoisotopic (exact) mass is 335 g/mol. The van der Waals surface area contributed by atoms with E-state index in [1.165, 1.54) is 0 Å². The molecular formula is C17H18ClNO4. The van der Waals surface area contributed by atoms with Crippen molar-refractivity contribution in [3.63, 3.8) is 0 Å². The molecule has 23 heavy (non-hydrogen) atoms. The minimum absolute atomic E-state index is 0.0847. The highest BCUT2D eigenvalue weighted by atomic mass is 35.5. The Bertz CT molecular complexity index is 782. The van der Waals surface area contributed by atoms with Crippen molar-refractivity contribution in [3.8, 4) is 0 Å². The van der Waals surface area contributed by atoms with Gasteiger partial charge in [0.1, 0.15) is 0 Å². The highest BCUT2D eigenvalue weighted by Crippen LogP contribution is 2.32. The van der Waals surface area contributed by atoms with Crippen molar-refractivity contribution in [1.82, 2.24) is 4.90 Å². The summed E-state index contributed by atoms with van der Waals surface area (Å²) in [5.74, 6) is -1.19. The van der Waals surface area contributed by atoms with Crippen LogP contribution in [0.5, 0.6) is 0 Å². The maximum atomic E-state index is 12.8. The average molecular weight is 336 g/mol. The van der Waals surface area contributed by atoms with Crippen LogP contribution in [0.2, 0.25) is 5.02 Å². The Morgan fingerprint density at radius 1 is 1.39 bits per heavy atom. The molecule has 2 aromatic rings. The lowest BCUT2D eigenvalue weighted by Gasteiger charge is -2.34. The molecule has 1 saturated heterocycles. The molecule has 0 aliphatic carbocycles. The summed E-state index contributed by atoms with van der Waals surface area (Å²) in [4.78, 5) is 25.6. The summed E-state index contributed by atoms with van der Waals surface area (Å²) in [6, 6.07) is 5.42. The van der Waals surface area contributed by atoms with Crippen molar-refractivity contribution in [2.45, 2.75) is 20.3 Å². The van der Waals surface area contributed by atoms with Crippen LogP contribution in [0.15, 0.2) is 22.6 Å². The summed E-state index contributed by atoms with van der Waals surface area (Å²) in [7, 11) is 0. The zero-order chi connectivity index (χ0) is 16.7. The number of benzene rings is 1. The highest BCUT2D eigenvalue weighted by Gasteiger charge is 2.34. The van der Waals surface area contributed by atoms with Crippen LogP contribution in [-0.4, -0.2) is 35.0 Å². The van der Waals surface area contributed by atoms with Gasteiger partial charge in [0, 0.05) is 24.0 Å². The first-order valence-electron chi connectivity index (χ1n) is 7.60. The molecule has 0 spiro atoms. The molecule has 0 radical (unpaired) electrons. The van der Waals surface area contributed by atoms with Crippen LogP contribution < -0.4 is 0 Å². The lowest BCUT2D eigenvalue weighted by molar-refractivity contribution is -0.145. The van der Waals surface area contributed by atoms with Gasteiger partial charge in [-0.15, -0.1) is 0 Å². The van der Waals surface area contributed by atoms with Crippen molar-refractivity contribution >= 4 is 34.4 Å². The van der Waals surface area contributed by atoms with E-state index >= 15 is 0 Å². The van der Waals surface area contributed by atoms with Crippen molar-refractivity contribution in [1.29, 1.82) is 0 Å². The second-order valence-electron chi connectivity index (χ2n) is 6.13. The first-order valence-corrected chi connectivity index (χ1v) is 7.97. The number of fused-ring (bicyclic) bond motifs is 1. The summed E-state index contributed by atoms with van der Waals surface area (Å²) >= 11 is 6.13. The van der Waals surface area contributed by atoms with Gasteiger partial charge in [0.05, 0.1) is 10.9 Å². The third-order valence-electron chi connectivity index (χ3n) is 4.62. The Kier molecular flexibility index (Phi) is 4.06. The third-order valence-corrected chi connectivity index (χ3v) is 4.92. The number of para-hydroxylation sites is 1. The number of aryl methyl sites for hydroxylation is 1. The fraction of sp³-hybridized carbons (Fsp3) is 0.412. The third kappa shape index (κ3) is 2.70. The Balaban J connectivity index is 1.88. The lowest BCUT2D eigenvalue weighted by Crippen LogP contribution is -2.45. The molecule has 1 aromatic carbocycles. The maximum Gasteiger partial charge on any atom is 0.306 e. The first-order chi connectivity index (χ1) is 10.9. The molecule has 3 rings (SSSR count). The fourth-order valence-electron chi connectivity index (χ4n) is 3.25. The molecule has 0 bridgehead atoms. The number of carboxylic acid groups (broad SMARTS) is 1. The minimum Gasteiger partial charge on any atom is -0.481 e. The first kappa shape index (κ1) is 15.9. The van der Waals surface area contributed by atoms with E-state index in [0.29, 0.717) is 30.1 Å². The summed E-state index contributed by atoms with van der Waals surface area (Å²) in [6.07, 6.45) is 0.461. The van der Waals surface area contributed by atoms with E-state index in [-0.39, 0.29) is 17.6 Å². The van der Waals surface area contributed by atoms with Gasteiger partial charge < -0.3 is 14.4 Å². The second-order valence-corrected chi connectivity index (χ2v) is 6.54. The number of hydrogen-bond donors (Lipinski definition) is 1. The normalized spacial score (nSPS) is 21.6. The molecular weight excluding hydrogens is 318 g/mol. The predicted octanol–water partition coefficient (Wildman–Crippen LogP) is 3.58. The molecule has 1 amide bonds. The number of nitrogens with zero attached hydrogens (tertiary/aromatic N) is 1. The predicted molar refractivity (Wildman–Crippen MR) is 86.8 cm³/mol. The van der Waals surface area contributed by atoms with Gasteiger partial charge in [0.15, 0.2) is 11.3 Å². The van der Waals surface area contributed by atoms with Gasteiger partial charge in [-0.2, -0.15) is 0 Å². The van der Waals surface area contributed by atoms with Gasteiger partial charge in [-0.05, 0) is 25.3 Å². The number of carboxylic acids is 1. The van der Waals surface area contributed by atoms with E-state index < -0.39 is 11.9 Å². The molecule has 2 unspecified atom stereocenters. The van der Waals surface area contributed by atoms with Crippen molar-refractivity contribution in [2.75, 3.05) is 13.1 Å². The number of piperidine rings is 1. The Hall–Kier alpha value is -2.01. The quantitative estimate of drug-likeness (QED) is 0.910. The van der Waals surface area contributed by atoms with Gasteiger partial charge in [-0.3, -0.25) is 9.59 Å². The van der Waals surface area contributed by atoms with Crippen LogP contribution in [0.1, 0.15) is 29.5 Å². The number of aliphatic carboxylic acids is 1. The van der Waals surface area contributed by atoms with E-state index in [2.05, 4.69) is 0 Å². The summed E-state index contributed by atoms with van der Waals surface area (Å²) in [5.41, 5.74) is 1.28. The second kappa shape index (κ2) is 5.89. The Morgan fingerprint density at radius 2 is 2.13 bits per heavy atom. The smallest absolute Gasteiger partial charge is 0.306 e. The molecule has 1 aliphatic heterocycles. The number of carbonyl (C=O) groups is 2. The molecule has 122 valence electrons. The molecule has 1 aromatic heterocycles. The van der Waals surface area contributed by atoms with Crippen LogP contribution in [0.3, 0.4) is 0 Å². The molecule has 1 aliphatic rings. The van der Waals surface area contributed by atoms with Crippen LogP contribution in [0.4, 0.5) is 0 Å². The number of rotatable bonds is 2. The van der Waals surface area contributed by atoms with Crippen LogP contribution in [0, 0.1) is 18.8 Å². The standard InChI is InChI=1S/C17H18ClNO4/c1-9-8-19(7-6-11(9)17(21)22)16(20)14-10(2)12-4-3-5-13(18)15(12)23-14/h3-5,9,11H,6-8H2,1-2H3,(H,21,22). The van der Waals surface area contributed by atoms with Crippen LogP contribution in [-0.2, 0) is 4.79 Å². The van der Waals surface area contributed by atoms with Gasteiger partial charge in [0.25, 0.3) is 5.91 Å². The number of halogens is 1. The largest absolute Gasteiger partial charge is 0.481 e. The minimum atomic E-state index is -0.795. The van der Waals surface area contributed by atoms with Crippen molar-refractivity contribution < 1.29 is 19.1 Å². The van der Waals surface area contributed by atoms with E-state index in [0.717, 1.165) is 10.9 Å². The van der Waals surface area contributed by atoms with Gasteiger partial charge in [0.2, 0.25) is 0 Å². The molecule has 5 nitrogen and oxygen atoms in total.